The fraction of sp³-hybridized carbons (Fsp3) is 0.467. The molecule has 0 saturated heterocycles. The molecule has 1 atom stereocenters. The molecular weight excluding hydrogens is 348 g/mol. The summed E-state index contributed by atoms with van der Waals surface area (Å²) in [6.07, 6.45) is 4.72. The van der Waals surface area contributed by atoms with Crippen LogP contribution in [0.25, 0.3) is 6.08 Å². The van der Waals surface area contributed by atoms with Gasteiger partial charge in [-0.05, 0) is 0 Å². The van der Waals surface area contributed by atoms with Gasteiger partial charge in [-0.15, -0.1) is 0 Å². The van der Waals surface area contributed by atoms with E-state index in [1.807, 2.05) is 0 Å². The van der Waals surface area contributed by atoms with E-state index >= 15 is 0 Å². The van der Waals surface area contributed by atoms with Gasteiger partial charge in [0, 0.05) is 0 Å². The quantitative estimate of drug-likeness (QED) is 0.479. The van der Waals surface area contributed by atoms with Crippen LogP contribution in [-0.4, -0.2) is 25.5 Å². The fourth-order valence-corrected chi connectivity index (χ4v) is 5.54. The van der Waals surface area contributed by atoms with Gasteiger partial charge < -0.3 is 37.2 Å². The molecule has 0 fully saturated rings. The number of fused-ring (bicyclic) bond motifs is 1. The number of allylic oxidation sites excluding steroid dienone is 1. The number of halogens is 3. The predicted molar refractivity (Wildman–Crippen MR) is 70.8 cm³/mol. The van der Waals surface area contributed by atoms with Crippen molar-refractivity contribution < 1.29 is 56.4 Å². The molecule has 1 nitrogen and oxygen atoms in total. The van der Waals surface area contributed by atoms with E-state index in [9.17, 15) is 0 Å². The zero-order chi connectivity index (χ0) is 12.5. The SMILES string of the molecule is CN(C)C[C](C)(C)[Ti+3][CH]1C=Cc2ccccc21.[Cl-].[Cl-].[Cl-]. The Hall–Kier alpha value is 0.504. The van der Waals surface area contributed by atoms with Crippen LogP contribution in [0.2, 0.25) is 3.72 Å². The van der Waals surface area contributed by atoms with Crippen molar-refractivity contribution >= 4 is 6.08 Å². The van der Waals surface area contributed by atoms with Crippen LogP contribution in [0.1, 0.15) is 29.2 Å². The average Bonchev–Trinajstić information content (AvgIpc) is 2.59. The molecule has 0 aromatic heterocycles. The normalized spacial score (nSPS) is 15.6. The van der Waals surface area contributed by atoms with Gasteiger partial charge in [0.1, 0.15) is 0 Å². The number of hydrogen-bond acceptors (Lipinski definition) is 1. The molecule has 0 amide bonds. The summed E-state index contributed by atoms with van der Waals surface area (Å²) in [5.41, 5.74) is 2.99. The summed E-state index contributed by atoms with van der Waals surface area (Å²) in [4.78, 5) is 2.31. The Morgan fingerprint density at radius 2 is 1.70 bits per heavy atom. The minimum absolute atomic E-state index is 0. The van der Waals surface area contributed by atoms with Gasteiger partial charge in [-0.3, -0.25) is 0 Å². The van der Waals surface area contributed by atoms with E-state index in [0.29, 0.717) is 3.72 Å². The van der Waals surface area contributed by atoms with Gasteiger partial charge in [0.2, 0.25) is 0 Å². The first-order valence-electron chi connectivity index (χ1n) is 6.17. The number of rotatable bonds is 4. The first kappa shape index (κ1) is 22.8. The van der Waals surface area contributed by atoms with Gasteiger partial charge in [0.25, 0.3) is 0 Å². The second kappa shape index (κ2) is 9.51. The maximum atomic E-state index is 2.42. The fourth-order valence-electron chi connectivity index (χ4n) is 2.63. The van der Waals surface area contributed by atoms with Crippen molar-refractivity contribution in [3.8, 4) is 0 Å². The summed E-state index contributed by atoms with van der Waals surface area (Å²) in [5, 5.41) is 0. The van der Waals surface area contributed by atoms with Crippen LogP contribution in [0, 0.1) is 0 Å². The maximum absolute atomic E-state index is 2.42. The minimum atomic E-state index is -0.0257. The summed E-state index contributed by atoms with van der Waals surface area (Å²) in [6, 6.07) is 8.84. The minimum Gasteiger partial charge on any atom is -1.00 e. The largest absolute Gasteiger partial charge is 1.00 e. The maximum Gasteiger partial charge on any atom is -1.00 e. The summed E-state index contributed by atoms with van der Waals surface area (Å²) >= 11 is -0.0257. The standard InChI is InChI=1S/C9H7.C6H14N.3ClH.Ti/c1-2-5-9-7-3-6-8(9)4-1;1-6(2)5-7(3)4;;;;/h1-7H;5H2,1-4H3;3*1H;/q;;;;;+3/p-3. The first-order chi connectivity index (χ1) is 7.98. The second-order valence-electron chi connectivity index (χ2n) is 5.73. The summed E-state index contributed by atoms with van der Waals surface area (Å²) in [5.74, 6) is 0. The van der Waals surface area contributed by atoms with Gasteiger partial charge in [0.05, 0.1) is 0 Å². The van der Waals surface area contributed by atoms with Crippen LogP contribution < -0.4 is 37.2 Å². The van der Waals surface area contributed by atoms with Crippen molar-refractivity contribution in [3.05, 3.63) is 41.5 Å². The molecule has 0 N–H and O–H groups in total. The zero-order valence-electron chi connectivity index (χ0n) is 12.3. The average molecular weight is 370 g/mol. The molecule has 1 aliphatic carbocycles. The first-order valence-corrected chi connectivity index (χ1v) is 7.86. The van der Waals surface area contributed by atoms with E-state index in [0.717, 1.165) is 4.22 Å². The van der Waals surface area contributed by atoms with Crippen LogP contribution >= 0.6 is 0 Å². The van der Waals surface area contributed by atoms with Gasteiger partial charge in [-0.1, -0.05) is 0 Å². The Morgan fingerprint density at radius 3 is 2.30 bits per heavy atom. The van der Waals surface area contributed by atoms with E-state index in [-0.39, 0.29) is 56.4 Å². The van der Waals surface area contributed by atoms with Crippen molar-refractivity contribution in [1.29, 1.82) is 0 Å². The van der Waals surface area contributed by atoms with E-state index in [1.165, 1.54) is 12.1 Å². The third kappa shape index (κ3) is 6.09. The Labute approximate surface area is 150 Å². The molecule has 20 heavy (non-hydrogen) atoms. The number of benzene rings is 1. The smallest absolute Gasteiger partial charge is 1.00 e. The van der Waals surface area contributed by atoms with Gasteiger partial charge in [0.15, 0.2) is 0 Å². The van der Waals surface area contributed by atoms with Crippen molar-refractivity contribution in [2.75, 3.05) is 20.6 Å². The molecule has 0 heterocycles. The van der Waals surface area contributed by atoms with Crippen molar-refractivity contribution in [2.24, 2.45) is 0 Å². The summed E-state index contributed by atoms with van der Waals surface area (Å²) < 4.78 is 1.21. The molecule has 0 aliphatic heterocycles. The van der Waals surface area contributed by atoms with E-state index in [1.54, 1.807) is 5.56 Å². The Morgan fingerprint density at radius 1 is 1.10 bits per heavy atom. The van der Waals surface area contributed by atoms with E-state index < -0.39 is 0 Å². The summed E-state index contributed by atoms with van der Waals surface area (Å²) in [7, 11) is 4.35. The molecule has 1 aromatic carbocycles. The molecule has 111 valence electrons. The molecule has 1 aromatic rings. The Kier molecular flexibility index (Phi) is 10.8. The van der Waals surface area contributed by atoms with Crippen molar-refractivity contribution in [3.63, 3.8) is 0 Å². The number of hydrogen-bond donors (Lipinski definition) is 0. The van der Waals surface area contributed by atoms with Gasteiger partial charge in [-0.2, -0.15) is 0 Å². The van der Waals surface area contributed by atoms with Crippen molar-refractivity contribution in [1.82, 2.24) is 4.90 Å². The molecule has 1 aliphatic rings. The molecule has 0 radical (unpaired) electrons. The zero-order valence-corrected chi connectivity index (χ0v) is 16.2. The Bertz CT molecular complexity index is 433. The predicted octanol–water partition coefficient (Wildman–Crippen LogP) is -5.39. The topological polar surface area (TPSA) is 3.24 Å². The van der Waals surface area contributed by atoms with E-state index in [2.05, 4.69) is 69.3 Å². The molecular formula is C15H21Cl3NTi. The third-order valence-corrected chi connectivity index (χ3v) is 5.80. The molecule has 0 spiro atoms. The van der Waals surface area contributed by atoms with Crippen LogP contribution in [0.3, 0.4) is 0 Å². The molecule has 1 unspecified atom stereocenters. The molecule has 0 saturated carbocycles. The molecule has 2 rings (SSSR count). The van der Waals surface area contributed by atoms with Crippen LogP contribution in [-0.2, 0) is 19.2 Å². The van der Waals surface area contributed by atoms with Crippen LogP contribution in [0.5, 0.6) is 0 Å². The van der Waals surface area contributed by atoms with Crippen LogP contribution in [0.4, 0.5) is 0 Å². The molecule has 5 heteroatoms. The van der Waals surface area contributed by atoms with Crippen LogP contribution in [0.15, 0.2) is 30.3 Å². The van der Waals surface area contributed by atoms with Gasteiger partial charge in [-0.25, -0.2) is 0 Å². The van der Waals surface area contributed by atoms with Gasteiger partial charge >= 0.3 is 114 Å². The summed E-state index contributed by atoms with van der Waals surface area (Å²) in [6.45, 7) is 6.03. The number of nitrogens with zero attached hydrogens (tertiary/aromatic N) is 1. The van der Waals surface area contributed by atoms with E-state index in [4.69, 9.17) is 0 Å². The molecule has 0 bridgehead atoms. The Balaban J connectivity index is 0. The monoisotopic (exact) mass is 368 g/mol. The third-order valence-electron chi connectivity index (χ3n) is 3.06. The second-order valence-corrected chi connectivity index (χ2v) is 9.27. The van der Waals surface area contributed by atoms with Crippen molar-refractivity contribution in [2.45, 2.75) is 21.8 Å².